The molecule has 2 atom stereocenters. The summed E-state index contributed by atoms with van der Waals surface area (Å²) in [6.45, 7) is 1.07. The molecule has 0 aliphatic carbocycles. The second-order valence-corrected chi connectivity index (χ2v) is 4.17. The highest BCUT2D eigenvalue weighted by Crippen LogP contribution is 1.99. The number of amides is 2. The van der Waals surface area contributed by atoms with Crippen LogP contribution in [0, 0.1) is 0 Å². The maximum absolute atomic E-state index is 12.0. The molecule has 6 N–H and O–H groups in total. The Kier molecular flexibility index (Phi) is 5.66. The molecule has 9 nitrogen and oxygen atoms in total. The molecule has 1 rings (SSSR count). The van der Waals surface area contributed by atoms with Crippen molar-refractivity contribution < 1.29 is 19.5 Å². The van der Waals surface area contributed by atoms with Crippen molar-refractivity contribution in [3.63, 3.8) is 0 Å². The van der Waals surface area contributed by atoms with Crippen LogP contribution in [-0.4, -0.2) is 51.5 Å². The first-order chi connectivity index (χ1) is 9.43. The van der Waals surface area contributed by atoms with Crippen LogP contribution in [0.2, 0.25) is 0 Å². The first-order valence-corrected chi connectivity index (χ1v) is 5.94. The Labute approximate surface area is 114 Å². The number of nitrogens with one attached hydrogen (secondary N) is 3. The van der Waals surface area contributed by atoms with E-state index < -0.39 is 29.9 Å². The van der Waals surface area contributed by atoms with Gasteiger partial charge in [0, 0.05) is 18.3 Å². The van der Waals surface area contributed by atoms with Crippen molar-refractivity contribution >= 4 is 17.8 Å². The Morgan fingerprint density at radius 3 is 2.65 bits per heavy atom. The first kappa shape index (κ1) is 15.6. The smallest absolute Gasteiger partial charge is 0.325 e. The molecule has 0 radical (unpaired) electrons. The number of nitrogens with zero attached hydrogens (tertiary/aromatic N) is 1. The van der Waals surface area contributed by atoms with Gasteiger partial charge in [0.25, 0.3) is 0 Å². The van der Waals surface area contributed by atoms with Crippen molar-refractivity contribution in [1.29, 1.82) is 0 Å². The standard InChI is InChI=1S/C11H17N5O4/c1-6(11(19)20)15-10(18)8(16-9(17)3-12)2-7-4-13-5-14-7/h4-6,8H,2-3,12H2,1H3,(H,13,14)(H,15,18)(H,16,17)(H,19,20)/t6-,8-/m0/s1. The van der Waals surface area contributed by atoms with E-state index in [-0.39, 0.29) is 13.0 Å². The number of carbonyl (C=O) groups is 3. The zero-order valence-corrected chi connectivity index (χ0v) is 10.9. The van der Waals surface area contributed by atoms with Gasteiger partial charge >= 0.3 is 5.97 Å². The van der Waals surface area contributed by atoms with E-state index in [0.29, 0.717) is 5.69 Å². The summed E-state index contributed by atoms with van der Waals surface area (Å²) in [4.78, 5) is 40.6. The van der Waals surface area contributed by atoms with Crippen molar-refractivity contribution in [3.8, 4) is 0 Å². The van der Waals surface area contributed by atoms with Gasteiger partial charge in [-0.3, -0.25) is 14.4 Å². The van der Waals surface area contributed by atoms with E-state index in [4.69, 9.17) is 10.8 Å². The molecule has 110 valence electrons. The summed E-state index contributed by atoms with van der Waals surface area (Å²) in [6, 6.07) is -1.98. The van der Waals surface area contributed by atoms with Gasteiger partial charge in [0.15, 0.2) is 0 Å². The number of aromatic amines is 1. The quantitative estimate of drug-likeness (QED) is 0.390. The van der Waals surface area contributed by atoms with Gasteiger partial charge in [-0.2, -0.15) is 0 Å². The monoisotopic (exact) mass is 283 g/mol. The number of H-pyrrole nitrogens is 1. The molecule has 0 unspecified atom stereocenters. The van der Waals surface area contributed by atoms with Crippen LogP contribution in [0.15, 0.2) is 12.5 Å². The summed E-state index contributed by atoms with van der Waals surface area (Å²) in [5, 5.41) is 13.5. The second kappa shape index (κ2) is 7.24. The molecule has 20 heavy (non-hydrogen) atoms. The van der Waals surface area contributed by atoms with E-state index in [1.807, 2.05) is 0 Å². The Bertz CT molecular complexity index is 473. The lowest BCUT2D eigenvalue weighted by Crippen LogP contribution is -2.52. The number of hydrogen-bond donors (Lipinski definition) is 5. The van der Waals surface area contributed by atoms with Gasteiger partial charge in [-0.25, -0.2) is 4.98 Å². The number of aliphatic carboxylic acids is 1. The highest BCUT2D eigenvalue weighted by molar-refractivity contribution is 5.90. The van der Waals surface area contributed by atoms with Crippen molar-refractivity contribution in [2.24, 2.45) is 5.73 Å². The summed E-state index contributed by atoms with van der Waals surface area (Å²) in [6.07, 6.45) is 3.11. The van der Waals surface area contributed by atoms with Gasteiger partial charge in [0.05, 0.1) is 12.9 Å². The first-order valence-electron chi connectivity index (χ1n) is 5.94. The van der Waals surface area contributed by atoms with E-state index in [9.17, 15) is 14.4 Å². The molecule has 0 fully saturated rings. The van der Waals surface area contributed by atoms with E-state index in [2.05, 4.69) is 20.6 Å². The van der Waals surface area contributed by atoms with Crippen molar-refractivity contribution in [2.45, 2.75) is 25.4 Å². The topological polar surface area (TPSA) is 150 Å². The number of hydrogen-bond acceptors (Lipinski definition) is 5. The molecule has 2 amide bonds. The Morgan fingerprint density at radius 2 is 2.15 bits per heavy atom. The summed E-state index contributed by atoms with van der Waals surface area (Å²) in [5.41, 5.74) is 5.82. The molecule has 0 aliphatic heterocycles. The zero-order chi connectivity index (χ0) is 15.1. The minimum Gasteiger partial charge on any atom is -0.480 e. The number of carboxylic acids is 1. The maximum atomic E-state index is 12.0. The zero-order valence-electron chi connectivity index (χ0n) is 10.9. The van der Waals surface area contributed by atoms with Crippen LogP contribution in [0.1, 0.15) is 12.6 Å². The number of aromatic nitrogens is 2. The molecular formula is C11H17N5O4. The van der Waals surface area contributed by atoms with Crippen LogP contribution in [0.3, 0.4) is 0 Å². The largest absolute Gasteiger partial charge is 0.480 e. The molecule has 0 spiro atoms. The molecule has 1 heterocycles. The van der Waals surface area contributed by atoms with Crippen molar-refractivity contribution in [3.05, 3.63) is 18.2 Å². The lowest BCUT2D eigenvalue weighted by atomic mass is 10.1. The summed E-state index contributed by atoms with van der Waals surface area (Å²) < 4.78 is 0. The van der Waals surface area contributed by atoms with Crippen LogP contribution >= 0.6 is 0 Å². The van der Waals surface area contributed by atoms with E-state index in [1.165, 1.54) is 19.4 Å². The third-order valence-electron chi connectivity index (χ3n) is 2.55. The van der Waals surface area contributed by atoms with Crippen molar-refractivity contribution in [2.75, 3.05) is 6.54 Å². The highest BCUT2D eigenvalue weighted by Gasteiger charge is 2.24. The highest BCUT2D eigenvalue weighted by atomic mass is 16.4. The minimum absolute atomic E-state index is 0.157. The van der Waals surface area contributed by atoms with Gasteiger partial charge in [-0.15, -0.1) is 0 Å². The third kappa shape index (κ3) is 4.69. The van der Waals surface area contributed by atoms with Crippen LogP contribution in [0.4, 0.5) is 0 Å². The van der Waals surface area contributed by atoms with Crippen LogP contribution in [0.25, 0.3) is 0 Å². The fourth-order valence-corrected chi connectivity index (χ4v) is 1.45. The van der Waals surface area contributed by atoms with Crippen LogP contribution in [-0.2, 0) is 20.8 Å². The summed E-state index contributed by atoms with van der Waals surface area (Å²) in [7, 11) is 0. The van der Waals surface area contributed by atoms with Gasteiger partial charge in [0.2, 0.25) is 11.8 Å². The predicted molar refractivity (Wildman–Crippen MR) is 68.5 cm³/mol. The maximum Gasteiger partial charge on any atom is 0.325 e. The van der Waals surface area contributed by atoms with Gasteiger partial charge in [-0.1, -0.05) is 0 Å². The number of rotatable bonds is 7. The average Bonchev–Trinajstić information content (AvgIpc) is 2.90. The van der Waals surface area contributed by atoms with Gasteiger partial charge in [-0.05, 0) is 6.92 Å². The molecule has 0 bridgehead atoms. The Balaban J connectivity index is 2.72. The second-order valence-electron chi connectivity index (χ2n) is 4.17. The summed E-state index contributed by atoms with van der Waals surface area (Å²) >= 11 is 0. The number of carbonyl (C=O) groups excluding carboxylic acids is 2. The van der Waals surface area contributed by atoms with E-state index >= 15 is 0 Å². The van der Waals surface area contributed by atoms with Gasteiger partial charge in [0.1, 0.15) is 12.1 Å². The van der Waals surface area contributed by atoms with E-state index in [1.54, 1.807) is 0 Å². The van der Waals surface area contributed by atoms with Gasteiger partial charge < -0.3 is 26.5 Å². The molecular weight excluding hydrogens is 266 g/mol. The molecule has 1 aromatic heterocycles. The van der Waals surface area contributed by atoms with Crippen molar-refractivity contribution in [1.82, 2.24) is 20.6 Å². The lowest BCUT2D eigenvalue weighted by molar-refractivity contribution is -0.141. The molecule has 0 aromatic carbocycles. The fraction of sp³-hybridized carbons (Fsp3) is 0.455. The molecule has 0 saturated carbocycles. The molecule has 9 heteroatoms. The molecule has 0 aliphatic rings. The number of imidazole rings is 1. The lowest BCUT2D eigenvalue weighted by Gasteiger charge is -2.19. The third-order valence-corrected chi connectivity index (χ3v) is 2.55. The SMILES string of the molecule is C[C@H](NC(=O)[C@H](Cc1cnc[nH]1)NC(=O)CN)C(=O)O. The minimum atomic E-state index is -1.16. The predicted octanol–water partition coefficient (Wildman–Crippen LogP) is -2.01. The van der Waals surface area contributed by atoms with Crippen LogP contribution < -0.4 is 16.4 Å². The normalized spacial score (nSPS) is 13.3. The number of carboxylic acid groups (broad SMARTS) is 1. The average molecular weight is 283 g/mol. The fourth-order valence-electron chi connectivity index (χ4n) is 1.45. The Morgan fingerprint density at radius 1 is 1.45 bits per heavy atom. The van der Waals surface area contributed by atoms with E-state index in [0.717, 1.165) is 0 Å². The van der Waals surface area contributed by atoms with Crippen LogP contribution in [0.5, 0.6) is 0 Å². The summed E-state index contributed by atoms with van der Waals surface area (Å²) in [5.74, 6) is -2.27. The molecule has 1 aromatic rings. The molecule has 0 saturated heterocycles. The Hall–Kier alpha value is -2.42. The number of nitrogens with two attached hydrogens (primary N) is 1.